The molecule has 9 nitrogen and oxygen atoms in total. The standard InChI is InChI=1S/C15H13Cl2N7O2S/c1-8-4-13(26)24-15(18-7-19-24)23(8)6-12(25)21-22-14(27)20-11-3-2-9(16)5-10(11)17/h2-5,7H,6H2,1H3,(H,21,25)(H2,20,22,27). The molecule has 0 aliphatic carbocycles. The highest BCUT2D eigenvalue weighted by molar-refractivity contribution is 7.80. The molecular weight excluding hydrogens is 413 g/mol. The molecule has 0 spiro atoms. The number of rotatable bonds is 3. The van der Waals surface area contributed by atoms with Crippen LogP contribution in [0.5, 0.6) is 0 Å². The summed E-state index contributed by atoms with van der Waals surface area (Å²) in [5.41, 5.74) is 5.83. The number of hydrogen-bond donors (Lipinski definition) is 3. The van der Waals surface area contributed by atoms with E-state index in [1.165, 1.54) is 12.4 Å². The van der Waals surface area contributed by atoms with Gasteiger partial charge in [-0.2, -0.15) is 14.6 Å². The molecule has 12 heteroatoms. The van der Waals surface area contributed by atoms with Gasteiger partial charge in [0.2, 0.25) is 5.78 Å². The van der Waals surface area contributed by atoms with E-state index in [0.29, 0.717) is 21.4 Å². The van der Waals surface area contributed by atoms with E-state index in [0.717, 1.165) is 4.52 Å². The van der Waals surface area contributed by atoms with E-state index in [-0.39, 0.29) is 23.0 Å². The van der Waals surface area contributed by atoms with Crippen molar-refractivity contribution in [1.82, 2.24) is 30.0 Å². The minimum absolute atomic E-state index is 0.0916. The van der Waals surface area contributed by atoms with E-state index in [4.69, 9.17) is 35.4 Å². The van der Waals surface area contributed by atoms with Crippen LogP contribution in [0.2, 0.25) is 10.0 Å². The summed E-state index contributed by atoms with van der Waals surface area (Å²) in [4.78, 5) is 28.1. The first kappa shape index (κ1) is 19.1. The zero-order valence-corrected chi connectivity index (χ0v) is 16.2. The van der Waals surface area contributed by atoms with Crippen LogP contribution < -0.4 is 21.7 Å². The van der Waals surface area contributed by atoms with E-state index in [2.05, 4.69) is 26.3 Å². The van der Waals surface area contributed by atoms with Crippen LogP contribution in [0, 0.1) is 6.92 Å². The van der Waals surface area contributed by atoms with Crippen molar-refractivity contribution in [3.05, 3.63) is 56.7 Å². The number of halogens is 2. The normalized spacial score (nSPS) is 10.6. The fraction of sp³-hybridized carbons (Fsp3) is 0.133. The minimum Gasteiger partial charge on any atom is -0.330 e. The Kier molecular flexibility index (Phi) is 5.59. The number of amides is 1. The zero-order valence-electron chi connectivity index (χ0n) is 13.9. The fourth-order valence-electron chi connectivity index (χ4n) is 2.30. The van der Waals surface area contributed by atoms with Gasteiger partial charge in [0.15, 0.2) is 5.11 Å². The molecule has 0 fully saturated rings. The maximum absolute atomic E-state index is 12.2. The van der Waals surface area contributed by atoms with Crippen molar-refractivity contribution in [2.45, 2.75) is 13.5 Å². The molecule has 140 valence electrons. The lowest BCUT2D eigenvalue weighted by Crippen LogP contribution is -2.45. The Morgan fingerprint density at radius 2 is 2.04 bits per heavy atom. The van der Waals surface area contributed by atoms with Gasteiger partial charge in [-0.15, -0.1) is 0 Å². The monoisotopic (exact) mass is 425 g/mol. The summed E-state index contributed by atoms with van der Waals surface area (Å²) in [6.07, 6.45) is 1.25. The number of hydrazine groups is 1. The zero-order chi connectivity index (χ0) is 19.6. The number of benzene rings is 1. The van der Waals surface area contributed by atoms with E-state index >= 15 is 0 Å². The van der Waals surface area contributed by atoms with Gasteiger partial charge >= 0.3 is 0 Å². The van der Waals surface area contributed by atoms with Gasteiger partial charge in [-0.25, -0.2) is 0 Å². The second-order valence-electron chi connectivity index (χ2n) is 5.43. The predicted octanol–water partition coefficient (Wildman–Crippen LogP) is 1.52. The predicted molar refractivity (Wildman–Crippen MR) is 106 cm³/mol. The highest BCUT2D eigenvalue weighted by Gasteiger charge is 2.12. The van der Waals surface area contributed by atoms with E-state index in [9.17, 15) is 9.59 Å². The molecule has 3 aromatic rings. The quantitative estimate of drug-likeness (QED) is 0.431. The molecule has 1 aromatic carbocycles. The van der Waals surface area contributed by atoms with E-state index < -0.39 is 5.91 Å². The third-order valence-corrected chi connectivity index (χ3v) is 4.29. The average Bonchev–Trinajstić information content (AvgIpc) is 3.09. The van der Waals surface area contributed by atoms with Crippen molar-refractivity contribution in [1.29, 1.82) is 0 Å². The Balaban J connectivity index is 1.62. The van der Waals surface area contributed by atoms with Gasteiger partial charge in [0.1, 0.15) is 12.9 Å². The summed E-state index contributed by atoms with van der Waals surface area (Å²) in [5.74, 6) is -0.137. The number of carbonyl (C=O) groups excluding carboxylic acids is 1. The molecule has 3 rings (SSSR count). The van der Waals surface area contributed by atoms with Crippen LogP contribution in [-0.4, -0.2) is 30.2 Å². The lowest BCUT2D eigenvalue weighted by atomic mass is 10.3. The number of thiocarbonyl (C=S) groups is 1. The van der Waals surface area contributed by atoms with Crippen molar-refractivity contribution in [2.75, 3.05) is 5.32 Å². The number of aromatic nitrogens is 4. The second kappa shape index (κ2) is 7.91. The molecule has 3 N–H and O–H groups in total. The smallest absolute Gasteiger partial charge is 0.275 e. The number of aryl methyl sites for hydroxylation is 1. The SMILES string of the molecule is Cc1cc(=O)n2ncnc2n1CC(=O)NNC(=S)Nc1ccc(Cl)cc1Cl. The van der Waals surface area contributed by atoms with Crippen LogP contribution in [0.3, 0.4) is 0 Å². The topological polar surface area (TPSA) is 105 Å². The Labute approximate surface area is 168 Å². The molecule has 2 heterocycles. The second-order valence-corrected chi connectivity index (χ2v) is 6.69. The minimum atomic E-state index is -0.405. The molecule has 27 heavy (non-hydrogen) atoms. The number of nitrogens with one attached hydrogen (secondary N) is 3. The van der Waals surface area contributed by atoms with E-state index in [1.807, 2.05) is 0 Å². The van der Waals surface area contributed by atoms with Crippen molar-refractivity contribution in [2.24, 2.45) is 0 Å². The van der Waals surface area contributed by atoms with Crippen molar-refractivity contribution in [3.63, 3.8) is 0 Å². The van der Waals surface area contributed by atoms with Crippen LogP contribution in [0.15, 0.2) is 35.4 Å². The molecule has 2 aromatic heterocycles. The maximum atomic E-state index is 12.2. The maximum Gasteiger partial charge on any atom is 0.275 e. The number of fused-ring (bicyclic) bond motifs is 1. The Morgan fingerprint density at radius 1 is 1.26 bits per heavy atom. The van der Waals surface area contributed by atoms with Crippen LogP contribution >= 0.6 is 35.4 Å². The van der Waals surface area contributed by atoms with Gasteiger partial charge in [-0.3, -0.25) is 20.4 Å². The molecule has 0 radical (unpaired) electrons. The third-order valence-electron chi connectivity index (χ3n) is 3.53. The first-order valence-corrected chi connectivity index (χ1v) is 8.72. The molecule has 0 saturated carbocycles. The van der Waals surface area contributed by atoms with Gasteiger partial charge in [0, 0.05) is 16.8 Å². The van der Waals surface area contributed by atoms with Crippen molar-refractivity contribution >= 4 is 57.9 Å². The summed E-state index contributed by atoms with van der Waals surface area (Å²) >= 11 is 17.0. The molecule has 0 aliphatic heterocycles. The summed E-state index contributed by atoms with van der Waals surface area (Å²) < 4.78 is 2.67. The molecule has 0 unspecified atom stereocenters. The Morgan fingerprint density at radius 3 is 2.78 bits per heavy atom. The Hall–Kier alpha value is -2.69. The molecule has 0 bridgehead atoms. The summed E-state index contributed by atoms with van der Waals surface area (Å²) in [6.45, 7) is 1.61. The lowest BCUT2D eigenvalue weighted by molar-refractivity contribution is -0.122. The average molecular weight is 426 g/mol. The van der Waals surface area contributed by atoms with Crippen LogP contribution in [0.1, 0.15) is 5.69 Å². The van der Waals surface area contributed by atoms with Crippen LogP contribution in [-0.2, 0) is 11.3 Å². The molecule has 1 amide bonds. The van der Waals surface area contributed by atoms with Gasteiger partial charge < -0.3 is 9.88 Å². The van der Waals surface area contributed by atoms with Crippen LogP contribution in [0.4, 0.5) is 5.69 Å². The highest BCUT2D eigenvalue weighted by atomic mass is 35.5. The fourth-order valence-corrected chi connectivity index (χ4v) is 2.92. The van der Waals surface area contributed by atoms with Gasteiger partial charge in [-0.1, -0.05) is 23.2 Å². The molecule has 0 atom stereocenters. The van der Waals surface area contributed by atoms with Gasteiger partial charge in [0.25, 0.3) is 11.5 Å². The number of hydrogen-bond acceptors (Lipinski definition) is 5. The largest absolute Gasteiger partial charge is 0.330 e. The summed E-state index contributed by atoms with van der Waals surface area (Å²) in [7, 11) is 0. The lowest BCUT2D eigenvalue weighted by Gasteiger charge is -2.14. The third kappa shape index (κ3) is 4.35. The molecule has 0 saturated heterocycles. The number of carbonyl (C=O) groups is 1. The first-order chi connectivity index (χ1) is 12.8. The highest BCUT2D eigenvalue weighted by Crippen LogP contribution is 2.25. The first-order valence-electron chi connectivity index (χ1n) is 7.56. The summed E-state index contributed by atoms with van der Waals surface area (Å²) in [5, 5.41) is 7.69. The Bertz CT molecular complexity index is 1100. The molecular formula is C15H13Cl2N7O2S. The van der Waals surface area contributed by atoms with Crippen molar-refractivity contribution in [3.8, 4) is 0 Å². The van der Waals surface area contributed by atoms with Crippen LogP contribution in [0.25, 0.3) is 5.78 Å². The summed E-state index contributed by atoms with van der Waals surface area (Å²) in [6, 6.07) is 6.25. The van der Waals surface area contributed by atoms with Gasteiger partial charge in [0.05, 0.1) is 10.7 Å². The van der Waals surface area contributed by atoms with Gasteiger partial charge in [-0.05, 0) is 37.3 Å². The molecule has 0 aliphatic rings. The number of nitrogens with zero attached hydrogens (tertiary/aromatic N) is 4. The number of anilines is 1. The van der Waals surface area contributed by atoms with Crippen molar-refractivity contribution < 1.29 is 4.79 Å². The van der Waals surface area contributed by atoms with E-state index in [1.54, 1.807) is 29.7 Å².